The van der Waals surface area contributed by atoms with Crippen LogP contribution >= 0.6 is 11.8 Å². The quantitative estimate of drug-likeness (QED) is 0.322. The van der Waals surface area contributed by atoms with Crippen LogP contribution in [0, 0.1) is 11.8 Å². The Kier molecular flexibility index (Phi) is 10.2. The van der Waals surface area contributed by atoms with E-state index in [0.29, 0.717) is 45.8 Å². The fourth-order valence-corrected chi connectivity index (χ4v) is 9.29. The second-order valence-electron chi connectivity index (χ2n) is 11.1. The second kappa shape index (κ2) is 13.2. The second-order valence-corrected chi connectivity index (χ2v) is 12.7. The third-order valence-electron chi connectivity index (χ3n) is 8.94. The summed E-state index contributed by atoms with van der Waals surface area (Å²) in [4.78, 5) is 50.3. The molecule has 39 heavy (non-hydrogen) atoms. The molecule has 0 aromatic heterocycles. The molecule has 4 rings (SSSR count). The monoisotopic (exact) mass is 562 g/mol. The van der Waals surface area contributed by atoms with E-state index < -0.39 is 28.7 Å². The van der Waals surface area contributed by atoms with Crippen molar-refractivity contribution in [3.05, 3.63) is 25.3 Å². The van der Waals surface area contributed by atoms with Gasteiger partial charge in [-0.1, -0.05) is 26.0 Å². The predicted molar refractivity (Wildman–Crippen MR) is 153 cm³/mol. The molecule has 10 heteroatoms. The maximum atomic E-state index is 14.5. The lowest BCUT2D eigenvalue weighted by Crippen LogP contribution is -2.58. The fraction of sp³-hybridized carbons (Fsp3) is 0.759. The first-order valence-corrected chi connectivity index (χ1v) is 15.5. The lowest BCUT2D eigenvalue weighted by atomic mass is 9.70. The molecule has 2 unspecified atom stereocenters. The van der Waals surface area contributed by atoms with E-state index in [1.165, 1.54) is 0 Å². The number of carbonyl (C=O) groups is 3. The number of hydrogen-bond donors (Lipinski definition) is 1. The standard InChI is InChI=1S/C29H46N4O5S/c1-5-11-31(12-6-2)26(35)23-22-9-10-29(39-22)24(23)27(36)33(21(8-4)20-34)25(29)28(37)32(13-7-3)15-14-30-16-18-38-19-17-30/h5,7,21-25,34H,1,3,6,8-20H2,2,4H3/t21-,22-,23+,24-,25?,29?/m0/s1. The van der Waals surface area contributed by atoms with Gasteiger partial charge in [-0.25, -0.2) is 0 Å². The van der Waals surface area contributed by atoms with Crippen molar-refractivity contribution in [2.45, 2.75) is 61.6 Å². The molecule has 4 fully saturated rings. The smallest absolute Gasteiger partial charge is 0.247 e. The van der Waals surface area contributed by atoms with Gasteiger partial charge in [0.15, 0.2) is 0 Å². The van der Waals surface area contributed by atoms with Crippen LogP contribution in [0.3, 0.4) is 0 Å². The highest BCUT2D eigenvalue weighted by Gasteiger charge is 2.74. The normalized spacial score (nSPS) is 30.7. The van der Waals surface area contributed by atoms with Crippen LogP contribution in [0.4, 0.5) is 0 Å². The van der Waals surface area contributed by atoms with Crippen LogP contribution in [0.2, 0.25) is 0 Å². The summed E-state index contributed by atoms with van der Waals surface area (Å²) in [7, 11) is 0. The number of fused-ring (bicyclic) bond motifs is 1. The Morgan fingerprint density at radius 1 is 1.15 bits per heavy atom. The Morgan fingerprint density at radius 3 is 2.41 bits per heavy atom. The molecule has 9 nitrogen and oxygen atoms in total. The topological polar surface area (TPSA) is 93.6 Å². The van der Waals surface area contributed by atoms with Crippen molar-refractivity contribution in [2.75, 3.05) is 65.6 Å². The zero-order valence-corrected chi connectivity index (χ0v) is 24.4. The third kappa shape index (κ3) is 5.54. The molecule has 0 radical (unpaired) electrons. The van der Waals surface area contributed by atoms with Gasteiger partial charge in [0.2, 0.25) is 17.7 Å². The van der Waals surface area contributed by atoms with E-state index in [1.807, 2.05) is 23.6 Å². The average Bonchev–Trinajstić information content (AvgIpc) is 3.59. The Bertz CT molecular complexity index is 923. The van der Waals surface area contributed by atoms with Gasteiger partial charge in [-0.2, -0.15) is 0 Å². The number of aliphatic hydroxyl groups excluding tert-OH is 1. The van der Waals surface area contributed by atoms with Gasteiger partial charge in [0.05, 0.1) is 42.4 Å². The van der Waals surface area contributed by atoms with Crippen LogP contribution in [0.15, 0.2) is 25.3 Å². The van der Waals surface area contributed by atoms with Gasteiger partial charge in [-0.15, -0.1) is 24.9 Å². The summed E-state index contributed by atoms with van der Waals surface area (Å²) in [6.45, 7) is 17.2. The molecular weight excluding hydrogens is 516 g/mol. The molecule has 0 aliphatic carbocycles. The number of morpholine rings is 1. The molecule has 2 bridgehead atoms. The number of carbonyl (C=O) groups excluding carboxylic acids is 3. The molecule has 1 N–H and O–H groups in total. The number of ether oxygens (including phenoxy) is 1. The number of nitrogens with zero attached hydrogens (tertiary/aromatic N) is 4. The predicted octanol–water partition coefficient (Wildman–Crippen LogP) is 1.62. The summed E-state index contributed by atoms with van der Waals surface area (Å²) in [6.07, 6.45) is 6.36. The van der Waals surface area contributed by atoms with E-state index in [0.717, 1.165) is 38.9 Å². The third-order valence-corrected chi connectivity index (χ3v) is 10.9. The van der Waals surface area contributed by atoms with E-state index in [-0.39, 0.29) is 29.6 Å². The Hall–Kier alpha value is -1.88. The lowest BCUT2D eigenvalue weighted by molar-refractivity contribution is -0.147. The summed E-state index contributed by atoms with van der Waals surface area (Å²) in [5.74, 6) is -1.26. The van der Waals surface area contributed by atoms with Crippen molar-refractivity contribution in [1.82, 2.24) is 19.6 Å². The van der Waals surface area contributed by atoms with Gasteiger partial charge < -0.3 is 24.5 Å². The van der Waals surface area contributed by atoms with Crippen molar-refractivity contribution in [3.8, 4) is 0 Å². The minimum atomic E-state index is -0.705. The maximum Gasteiger partial charge on any atom is 0.247 e. The highest BCUT2D eigenvalue weighted by Crippen LogP contribution is 2.67. The van der Waals surface area contributed by atoms with Crippen LogP contribution < -0.4 is 0 Å². The van der Waals surface area contributed by atoms with Crippen molar-refractivity contribution in [1.29, 1.82) is 0 Å². The first kappa shape index (κ1) is 30.1. The number of thioether (sulfide) groups is 1. The van der Waals surface area contributed by atoms with Gasteiger partial charge in [0.25, 0.3) is 0 Å². The molecule has 0 saturated carbocycles. The first-order valence-electron chi connectivity index (χ1n) is 14.6. The Balaban J connectivity index is 1.67. The summed E-state index contributed by atoms with van der Waals surface area (Å²) >= 11 is 1.69. The highest BCUT2D eigenvalue weighted by molar-refractivity contribution is 8.02. The molecular formula is C29H46N4O5S. The summed E-state index contributed by atoms with van der Waals surface area (Å²) < 4.78 is 4.81. The van der Waals surface area contributed by atoms with Crippen molar-refractivity contribution in [3.63, 3.8) is 0 Å². The largest absolute Gasteiger partial charge is 0.394 e. The Labute approximate surface area is 237 Å². The highest BCUT2D eigenvalue weighted by atomic mass is 32.2. The number of likely N-dealkylation sites (tertiary alicyclic amines) is 1. The van der Waals surface area contributed by atoms with E-state index >= 15 is 0 Å². The molecule has 3 amide bonds. The average molecular weight is 563 g/mol. The zero-order chi connectivity index (χ0) is 28.2. The number of aliphatic hydroxyl groups is 1. The molecule has 1 spiro atoms. The first-order chi connectivity index (χ1) is 18.9. The molecule has 0 aromatic carbocycles. The van der Waals surface area contributed by atoms with Crippen LogP contribution in [-0.2, 0) is 19.1 Å². The lowest BCUT2D eigenvalue weighted by Gasteiger charge is -2.40. The molecule has 4 aliphatic rings. The molecule has 6 atom stereocenters. The van der Waals surface area contributed by atoms with Gasteiger partial charge >= 0.3 is 0 Å². The summed E-state index contributed by atoms with van der Waals surface area (Å²) in [5, 5.41) is 10.3. The SMILES string of the molecule is C=CCN(CCN1CCOCC1)C(=O)C1N([C@@H](CC)CO)C(=O)[C@@H]2[C@H](C(=O)N(CC=C)CCC)[C@@H]3CCC12S3. The molecule has 0 aromatic rings. The van der Waals surface area contributed by atoms with E-state index in [4.69, 9.17) is 4.74 Å². The molecule has 4 aliphatic heterocycles. The van der Waals surface area contributed by atoms with Crippen molar-refractivity contribution in [2.24, 2.45) is 11.8 Å². The summed E-state index contributed by atoms with van der Waals surface area (Å²) in [5.41, 5.74) is 0. The van der Waals surface area contributed by atoms with Crippen LogP contribution in [-0.4, -0.2) is 130 Å². The maximum absolute atomic E-state index is 14.5. The minimum absolute atomic E-state index is 0.00506. The van der Waals surface area contributed by atoms with E-state index in [1.54, 1.807) is 28.8 Å². The number of amides is 3. The van der Waals surface area contributed by atoms with E-state index in [2.05, 4.69) is 18.1 Å². The van der Waals surface area contributed by atoms with Crippen LogP contribution in [0.5, 0.6) is 0 Å². The molecule has 218 valence electrons. The van der Waals surface area contributed by atoms with E-state index in [9.17, 15) is 19.5 Å². The van der Waals surface area contributed by atoms with Gasteiger partial charge in [-0.3, -0.25) is 19.3 Å². The van der Waals surface area contributed by atoms with Gasteiger partial charge in [-0.05, 0) is 25.7 Å². The van der Waals surface area contributed by atoms with Crippen molar-refractivity contribution < 1.29 is 24.2 Å². The molecule has 4 saturated heterocycles. The van der Waals surface area contributed by atoms with Gasteiger partial charge in [0, 0.05) is 51.1 Å². The van der Waals surface area contributed by atoms with Crippen molar-refractivity contribution >= 4 is 29.5 Å². The Morgan fingerprint density at radius 2 is 1.82 bits per heavy atom. The summed E-state index contributed by atoms with van der Waals surface area (Å²) in [6, 6.07) is -1.17. The number of hydrogen-bond acceptors (Lipinski definition) is 7. The molecule has 4 heterocycles. The van der Waals surface area contributed by atoms with Crippen LogP contribution in [0.1, 0.15) is 39.5 Å². The van der Waals surface area contributed by atoms with Gasteiger partial charge in [0.1, 0.15) is 6.04 Å². The fourth-order valence-electron chi connectivity index (χ4n) is 7.09. The zero-order valence-electron chi connectivity index (χ0n) is 23.6. The minimum Gasteiger partial charge on any atom is -0.394 e. The number of rotatable bonds is 14. The van der Waals surface area contributed by atoms with Crippen LogP contribution in [0.25, 0.3) is 0 Å².